The number of aromatic nitrogens is 2. The highest BCUT2D eigenvalue weighted by Crippen LogP contribution is 2.26. The van der Waals surface area contributed by atoms with Crippen molar-refractivity contribution in [2.24, 2.45) is 0 Å². The van der Waals surface area contributed by atoms with E-state index >= 15 is 0 Å². The molecule has 0 amide bonds. The van der Waals surface area contributed by atoms with Crippen molar-refractivity contribution < 1.29 is 8.42 Å². The van der Waals surface area contributed by atoms with Crippen LogP contribution in [0.3, 0.4) is 0 Å². The van der Waals surface area contributed by atoms with E-state index in [1.165, 1.54) is 0 Å². The van der Waals surface area contributed by atoms with E-state index in [0.717, 1.165) is 6.33 Å². The van der Waals surface area contributed by atoms with Crippen molar-refractivity contribution in [3.8, 4) is 6.07 Å². The third-order valence-corrected chi connectivity index (χ3v) is 4.28. The Labute approximate surface area is 109 Å². The maximum atomic E-state index is 11.7. The number of nitrogens with zero attached hydrogens (tertiary/aromatic N) is 3. The van der Waals surface area contributed by atoms with E-state index in [0.29, 0.717) is 0 Å². The van der Waals surface area contributed by atoms with Crippen LogP contribution in [0.4, 0.5) is 5.82 Å². The Morgan fingerprint density at radius 3 is 2.71 bits per heavy atom. The topological polar surface area (TPSA) is 95.7 Å². The van der Waals surface area contributed by atoms with Crippen LogP contribution in [-0.2, 0) is 10.0 Å². The predicted octanol–water partition coefficient (Wildman–Crippen LogP) is 1.83. The van der Waals surface area contributed by atoms with Crippen molar-refractivity contribution in [1.82, 2.24) is 9.97 Å². The van der Waals surface area contributed by atoms with Gasteiger partial charge in [-0.3, -0.25) is 4.72 Å². The molecule has 0 bridgehead atoms. The summed E-state index contributed by atoms with van der Waals surface area (Å²) in [6.07, 6.45) is 1.22. The van der Waals surface area contributed by atoms with Gasteiger partial charge in [-0.2, -0.15) is 5.26 Å². The molecule has 1 aromatic heterocycles. The van der Waals surface area contributed by atoms with Gasteiger partial charge >= 0.3 is 0 Å². The minimum Gasteiger partial charge on any atom is -0.265 e. The number of halogens is 2. The van der Waals surface area contributed by atoms with Crippen LogP contribution in [0.5, 0.6) is 0 Å². The lowest BCUT2D eigenvalue weighted by Gasteiger charge is -2.11. The van der Waals surface area contributed by atoms with Gasteiger partial charge in [-0.15, -0.1) is 0 Å². The van der Waals surface area contributed by atoms with Crippen molar-refractivity contribution in [3.63, 3.8) is 0 Å². The fourth-order valence-electron chi connectivity index (χ4n) is 1.01. The highest BCUT2D eigenvalue weighted by atomic mass is 35.5. The molecule has 0 spiro atoms. The Morgan fingerprint density at radius 1 is 1.53 bits per heavy atom. The first-order valence-corrected chi connectivity index (χ1v) is 6.79. The molecule has 0 aliphatic heterocycles. The van der Waals surface area contributed by atoms with E-state index in [4.69, 9.17) is 28.5 Å². The first-order chi connectivity index (χ1) is 7.92. The van der Waals surface area contributed by atoms with Crippen LogP contribution in [0.1, 0.15) is 13.3 Å². The Hall–Kier alpha value is -1.10. The Bertz CT molecular complexity index is 555. The minimum atomic E-state index is -3.86. The second-order valence-electron chi connectivity index (χ2n) is 3.00. The standard InChI is InChI=1S/C8H8Cl2N4O2S/c1-2-5(3-11)17(15,16)14-8-6(9)7(10)12-4-13-8/h4-5H,2H2,1H3,(H,12,13,14). The molecule has 0 aliphatic rings. The van der Waals surface area contributed by atoms with Crippen LogP contribution in [0.25, 0.3) is 0 Å². The van der Waals surface area contributed by atoms with E-state index in [1.807, 2.05) is 0 Å². The van der Waals surface area contributed by atoms with Crippen LogP contribution in [0.15, 0.2) is 6.33 Å². The average molecular weight is 295 g/mol. The molecular weight excluding hydrogens is 287 g/mol. The summed E-state index contributed by atoms with van der Waals surface area (Å²) >= 11 is 11.3. The zero-order chi connectivity index (χ0) is 13.1. The molecule has 9 heteroatoms. The lowest BCUT2D eigenvalue weighted by atomic mass is 10.4. The quantitative estimate of drug-likeness (QED) is 0.855. The number of hydrogen-bond donors (Lipinski definition) is 1. The molecule has 92 valence electrons. The molecule has 17 heavy (non-hydrogen) atoms. The van der Waals surface area contributed by atoms with Gasteiger partial charge < -0.3 is 0 Å². The number of sulfonamides is 1. The molecule has 0 fully saturated rings. The second-order valence-corrected chi connectivity index (χ2v) is 5.60. The third kappa shape index (κ3) is 3.19. The largest absolute Gasteiger partial charge is 0.265 e. The van der Waals surface area contributed by atoms with Crippen molar-refractivity contribution in [3.05, 3.63) is 16.5 Å². The normalized spacial score (nSPS) is 12.8. The van der Waals surface area contributed by atoms with Gasteiger partial charge in [-0.05, 0) is 6.42 Å². The molecule has 6 nitrogen and oxygen atoms in total. The summed E-state index contributed by atoms with van der Waals surface area (Å²) in [6, 6.07) is 1.68. The van der Waals surface area contributed by atoms with Crippen LogP contribution in [-0.4, -0.2) is 23.6 Å². The summed E-state index contributed by atoms with van der Waals surface area (Å²) in [5.74, 6) is -0.139. The monoisotopic (exact) mass is 294 g/mol. The smallest absolute Gasteiger partial charge is 0.250 e. The predicted molar refractivity (Wildman–Crippen MR) is 64.3 cm³/mol. The SMILES string of the molecule is CCC(C#N)S(=O)(=O)Nc1ncnc(Cl)c1Cl. The van der Waals surface area contributed by atoms with Gasteiger partial charge in [-0.1, -0.05) is 30.1 Å². The van der Waals surface area contributed by atoms with Gasteiger partial charge in [0.05, 0.1) is 6.07 Å². The Morgan fingerprint density at radius 2 is 2.18 bits per heavy atom. The van der Waals surface area contributed by atoms with Gasteiger partial charge in [0.2, 0.25) is 10.0 Å². The molecule has 0 saturated carbocycles. The second kappa shape index (κ2) is 5.49. The van der Waals surface area contributed by atoms with Crippen LogP contribution in [0, 0.1) is 11.3 Å². The van der Waals surface area contributed by atoms with Gasteiger partial charge in [0.25, 0.3) is 0 Å². The lowest BCUT2D eigenvalue weighted by molar-refractivity contribution is 0.592. The summed E-state index contributed by atoms with van der Waals surface area (Å²) in [4.78, 5) is 7.23. The number of anilines is 1. The zero-order valence-corrected chi connectivity index (χ0v) is 11.0. The van der Waals surface area contributed by atoms with E-state index in [9.17, 15) is 8.42 Å². The molecule has 1 unspecified atom stereocenters. The molecule has 1 heterocycles. The first kappa shape index (κ1) is 14.0. The van der Waals surface area contributed by atoms with Crippen molar-refractivity contribution in [2.45, 2.75) is 18.6 Å². The first-order valence-electron chi connectivity index (χ1n) is 4.49. The number of hydrogen-bond acceptors (Lipinski definition) is 5. The zero-order valence-electron chi connectivity index (χ0n) is 8.68. The lowest BCUT2D eigenvalue weighted by Crippen LogP contribution is -2.26. The summed E-state index contributed by atoms with van der Waals surface area (Å²) in [6.45, 7) is 1.58. The van der Waals surface area contributed by atoms with E-state index < -0.39 is 15.3 Å². The number of rotatable bonds is 4. The van der Waals surface area contributed by atoms with E-state index in [1.54, 1.807) is 13.0 Å². The number of nitriles is 1. The molecule has 0 radical (unpaired) electrons. The highest BCUT2D eigenvalue weighted by Gasteiger charge is 2.25. The molecule has 0 saturated heterocycles. The Kier molecular flexibility index (Phi) is 4.51. The van der Waals surface area contributed by atoms with Gasteiger partial charge in [0, 0.05) is 0 Å². The van der Waals surface area contributed by atoms with Crippen LogP contribution >= 0.6 is 23.2 Å². The highest BCUT2D eigenvalue weighted by molar-refractivity contribution is 7.93. The molecule has 1 atom stereocenters. The molecule has 1 N–H and O–H groups in total. The molecule has 0 aromatic carbocycles. The summed E-state index contributed by atoms with van der Waals surface area (Å²) in [5, 5.41) is 7.36. The fourth-order valence-corrected chi connectivity index (χ4v) is 2.48. The minimum absolute atomic E-state index is 0.0654. The molecule has 1 rings (SSSR count). The molecule has 1 aromatic rings. The van der Waals surface area contributed by atoms with E-state index in [2.05, 4.69) is 14.7 Å². The molecule has 0 aliphatic carbocycles. The maximum Gasteiger partial charge on any atom is 0.250 e. The Balaban J connectivity index is 3.07. The fraction of sp³-hybridized carbons (Fsp3) is 0.375. The van der Waals surface area contributed by atoms with Crippen molar-refractivity contribution >= 4 is 39.0 Å². The van der Waals surface area contributed by atoms with Gasteiger partial charge in [0.15, 0.2) is 16.2 Å². The average Bonchev–Trinajstić information content (AvgIpc) is 2.26. The van der Waals surface area contributed by atoms with E-state index in [-0.39, 0.29) is 22.4 Å². The van der Waals surface area contributed by atoms with Crippen molar-refractivity contribution in [2.75, 3.05) is 4.72 Å². The van der Waals surface area contributed by atoms with Crippen LogP contribution in [0.2, 0.25) is 10.2 Å². The summed E-state index contributed by atoms with van der Waals surface area (Å²) in [5.41, 5.74) is 0. The third-order valence-electron chi connectivity index (χ3n) is 1.88. The van der Waals surface area contributed by atoms with Gasteiger partial charge in [0.1, 0.15) is 11.3 Å². The number of nitrogens with one attached hydrogen (secondary N) is 1. The van der Waals surface area contributed by atoms with Crippen LogP contribution < -0.4 is 4.72 Å². The maximum absolute atomic E-state index is 11.7. The summed E-state index contributed by atoms with van der Waals surface area (Å²) < 4.78 is 25.6. The molecular formula is C8H8Cl2N4O2S. The summed E-state index contributed by atoms with van der Waals surface area (Å²) in [7, 11) is -3.86. The van der Waals surface area contributed by atoms with Gasteiger partial charge in [-0.25, -0.2) is 18.4 Å². The van der Waals surface area contributed by atoms with Crippen molar-refractivity contribution in [1.29, 1.82) is 5.26 Å².